The molecule has 3 rings (SSSR count). The number of hydrogen-bond acceptors (Lipinski definition) is 6. The average Bonchev–Trinajstić information content (AvgIpc) is 2.96. The molecule has 1 heterocycles. The molecule has 0 atom stereocenters. The van der Waals surface area contributed by atoms with Crippen LogP contribution in [0.3, 0.4) is 0 Å². The van der Waals surface area contributed by atoms with Crippen LogP contribution in [0.5, 0.6) is 5.75 Å². The molecule has 0 aromatic heterocycles. The van der Waals surface area contributed by atoms with Gasteiger partial charge < -0.3 is 15.2 Å². The van der Waals surface area contributed by atoms with Crippen molar-refractivity contribution in [2.75, 3.05) is 18.5 Å². The Bertz CT molecular complexity index is 1120. The number of carbonyl (C=O) groups is 4. The zero-order chi connectivity index (χ0) is 23.4. The molecule has 0 aliphatic carbocycles. The number of ether oxygens (including phenoxy) is 1. The molecule has 2 N–H and O–H groups in total. The van der Waals surface area contributed by atoms with E-state index in [1.54, 1.807) is 0 Å². The first-order chi connectivity index (χ1) is 15.1. The maximum absolute atomic E-state index is 13.0. The largest absolute Gasteiger partial charge is 0.479 e. The van der Waals surface area contributed by atoms with Gasteiger partial charge in [-0.25, -0.2) is 9.18 Å². The first kappa shape index (κ1) is 23.6. The van der Waals surface area contributed by atoms with Crippen LogP contribution in [0.2, 0.25) is 10.0 Å². The van der Waals surface area contributed by atoms with E-state index < -0.39 is 42.0 Å². The maximum Gasteiger partial charge on any atom is 0.341 e. The number of carbonyl (C=O) groups excluding carboxylic acids is 3. The van der Waals surface area contributed by atoms with Gasteiger partial charge in [-0.05, 0) is 59.8 Å². The summed E-state index contributed by atoms with van der Waals surface area (Å²) in [6, 6.07) is 7.79. The molecule has 1 aliphatic rings. The molecule has 0 spiro atoms. The van der Waals surface area contributed by atoms with Crippen LogP contribution in [0.15, 0.2) is 41.3 Å². The van der Waals surface area contributed by atoms with E-state index in [4.69, 9.17) is 33.0 Å². The molecular weight excluding hydrogens is 486 g/mol. The molecule has 0 unspecified atom stereocenters. The minimum absolute atomic E-state index is 0.0166. The second-order valence-electron chi connectivity index (χ2n) is 6.32. The number of hydrogen-bond donors (Lipinski definition) is 2. The number of carboxylic acids is 1. The van der Waals surface area contributed by atoms with E-state index in [-0.39, 0.29) is 20.7 Å². The smallest absolute Gasteiger partial charge is 0.341 e. The van der Waals surface area contributed by atoms with Gasteiger partial charge >= 0.3 is 5.97 Å². The Kier molecular flexibility index (Phi) is 7.39. The molecule has 3 amide bonds. The third-order valence-corrected chi connectivity index (χ3v) is 5.43. The quantitative estimate of drug-likeness (QED) is 0.547. The van der Waals surface area contributed by atoms with E-state index in [0.717, 1.165) is 17.0 Å². The van der Waals surface area contributed by atoms with Gasteiger partial charge in [-0.15, -0.1) is 0 Å². The highest BCUT2D eigenvalue weighted by molar-refractivity contribution is 8.18. The van der Waals surface area contributed by atoms with Crippen LogP contribution in [-0.2, 0) is 14.4 Å². The standard InChI is InChI=1S/C20H13Cl2FN2O6S/c21-13-5-10(6-14(22)18(13)31-9-17(27)28)7-15-19(29)25(20(30)32-15)8-16(26)24-12-3-1-11(23)2-4-12/h1-7H,8-9H2,(H,24,26)(H,27,28)/b15-7-. The summed E-state index contributed by atoms with van der Waals surface area (Å²) in [6.07, 6.45) is 1.36. The molecule has 12 heteroatoms. The molecule has 166 valence electrons. The van der Waals surface area contributed by atoms with Crippen LogP contribution in [0, 0.1) is 5.82 Å². The van der Waals surface area contributed by atoms with Gasteiger partial charge in [0.1, 0.15) is 12.4 Å². The lowest BCUT2D eigenvalue weighted by atomic mass is 10.2. The van der Waals surface area contributed by atoms with Crippen molar-refractivity contribution >= 4 is 69.8 Å². The number of benzene rings is 2. The number of nitrogens with zero attached hydrogens (tertiary/aromatic N) is 1. The van der Waals surface area contributed by atoms with Crippen LogP contribution in [0.4, 0.5) is 14.9 Å². The summed E-state index contributed by atoms with van der Waals surface area (Å²) in [4.78, 5) is 48.4. The van der Waals surface area contributed by atoms with Crippen LogP contribution in [0.25, 0.3) is 6.08 Å². The summed E-state index contributed by atoms with van der Waals surface area (Å²) < 4.78 is 18.0. The van der Waals surface area contributed by atoms with Crippen molar-refractivity contribution in [2.45, 2.75) is 0 Å². The Morgan fingerprint density at radius 1 is 1.16 bits per heavy atom. The number of anilines is 1. The van der Waals surface area contributed by atoms with E-state index in [9.17, 15) is 23.6 Å². The zero-order valence-electron chi connectivity index (χ0n) is 15.9. The van der Waals surface area contributed by atoms with E-state index >= 15 is 0 Å². The van der Waals surface area contributed by atoms with Crippen LogP contribution < -0.4 is 10.1 Å². The van der Waals surface area contributed by atoms with Gasteiger partial charge in [0.15, 0.2) is 12.4 Å². The van der Waals surface area contributed by atoms with Crippen molar-refractivity contribution in [2.24, 2.45) is 0 Å². The summed E-state index contributed by atoms with van der Waals surface area (Å²) in [6.45, 7) is -1.17. The zero-order valence-corrected chi connectivity index (χ0v) is 18.3. The summed E-state index contributed by atoms with van der Waals surface area (Å²) in [5.74, 6) is -3.03. The van der Waals surface area contributed by atoms with Gasteiger partial charge in [-0.3, -0.25) is 19.3 Å². The van der Waals surface area contributed by atoms with Crippen molar-refractivity contribution in [1.29, 1.82) is 0 Å². The van der Waals surface area contributed by atoms with Gasteiger partial charge in [0.25, 0.3) is 11.1 Å². The Morgan fingerprint density at radius 2 is 1.78 bits per heavy atom. The SMILES string of the molecule is O=C(O)COc1c(Cl)cc(/C=C2\SC(=O)N(CC(=O)Nc3ccc(F)cc3)C2=O)cc1Cl. The summed E-state index contributed by atoms with van der Waals surface area (Å²) in [7, 11) is 0. The average molecular weight is 499 g/mol. The summed E-state index contributed by atoms with van der Waals surface area (Å²) >= 11 is 12.8. The topological polar surface area (TPSA) is 113 Å². The lowest BCUT2D eigenvalue weighted by Crippen LogP contribution is -2.36. The number of imide groups is 1. The van der Waals surface area contributed by atoms with Gasteiger partial charge in [0.05, 0.1) is 15.0 Å². The first-order valence-corrected chi connectivity index (χ1v) is 10.4. The minimum Gasteiger partial charge on any atom is -0.479 e. The van der Waals surface area contributed by atoms with E-state index in [1.165, 1.54) is 30.3 Å². The predicted molar refractivity (Wildman–Crippen MR) is 117 cm³/mol. The predicted octanol–water partition coefficient (Wildman–Crippen LogP) is 4.27. The lowest BCUT2D eigenvalue weighted by Gasteiger charge is -2.12. The van der Waals surface area contributed by atoms with Gasteiger partial charge in [-0.2, -0.15) is 0 Å². The van der Waals surface area contributed by atoms with Crippen molar-refractivity contribution in [1.82, 2.24) is 4.90 Å². The number of rotatable bonds is 7. The number of thioether (sulfide) groups is 1. The van der Waals surface area contributed by atoms with Crippen molar-refractivity contribution in [3.05, 3.63) is 62.7 Å². The molecule has 2 aromatic rings. The Morgan fingerprint density at radius 3 is 2.38 bits per heavy atom. The van der Waals surface area contributed by atoms with Crippen LogP contribution in [-0.4, -0.2) is 46.2 Å². The molecule has 0 saturated carbocycles. The van der Waals surface area contributed by atoms with Crippen molar-refractivity contribution < 1.29 is 33.4 Å². The molecule has 2 aromatic carbocycles. The highest BCUT2D eigenvalue weighted by Crippen LogP contribution is 2.37. The maximum atomic E-state index is 13.0. The normalized spacial score (nSPS) is 14.7. The summed E-state index contributed by atoms with van der Waals surface area (Å²) in [5, 5.41) is 10.6. The third kappa shape index (κ3) is 5.78. The lowest BCUT2D eigenvalue weighted by molar-refractivity contribution is -0.139. The molecule has 0 bridgehead atoms. The molecular formula is C20H13Cl2FN2O6S. The Balaban J connectivity index is 1.71. The number of nitrogens with one attached hydrogen (secondary N) is 1. The molecule has 32 heavy (non-hydrogen) atoms. The van der Waals surface area contributed by atoms with E-state index in [0.29, 0.717) is 23.0 Å². The second-order valence-corrected chi connectivity index (χ2v) is 8.13. The van der Waals surface area contributed by atoms with E-state index in [1.807, 2.05) is 0 Å². The van der Waals surface area contributed by atoms with Gasteiger partial charge in [0.2, 0.25) is 5.91 Å². The highest BCUT2D eigenvalue weighted by Gasteiger charge is 2.36. The van der Waals surface area contributed by atoms with Crippen molar-refractivity contribution in [3.63, 3.8) is 0 Å². The van der Waals surface area contributed by atoms with Crippen LogP contribution in [0.1, 0.15) is 5.56 Å². The Labute approximate surface area is 194 Å². The first-order valence-electron chi connectivity index (χ1n) is 8.78. The fraction of sp³-hybridized carbons (Fsp3) is 0.100. The fourth-order valence-corrected chi connectivity index (χ4v) is 4.05. The fourth-order valence-electron chi connectivity index (χ4n) is 2.60. The van der Waals surface area contributed by atoms with Crippen LogP contribution >= 0.6 is 35.0 Å². The molecule has 1 saturated heterocycles. The highest BCUT2D eigenvalue weighted by atomic mass is 35.5. The number of halogens is 3. The van der Waals surface area contributed by atoms with E-state index in [2.05, 4.69) is 5.32 Å². The number of carboxylic acid groups (broad SMARTS) is 1. The number of aliphatic carboxylic acids is 1. The minimum atomic E-state index is -1.21. The third-order valence-electron chi connectivity index (χ3n) is 3.96. The second kappa shape index (κ2) is 10.0. The molecule has 8 nitrogen and oxygen atoms in total. The van der Waals surface area contributed by atoms with Gasteiger partial charge in [-0.1, -0.05) is 23.2 Å². The summed E-state index contributed by atoms with van der Waals surface area (Å²) in [5.41, 5.74) is 0.678. The molecule has 1 aliphatic heterocycles. The number of amides is 3. The molecule has 0 radical (unpaired) electrons. The van der Waals surface area contributed by atoms with Crippen molar-refractivity contribution in [3.8, 4) is 5.75 Å². The monoisotopic (exact) mass is 498 g/mol. The Hall–Kier alpha value is -3.08. The molecule has 1 fully saturated rings. The van der Waals surface area contributed by atoms with Gasteiger partial charge in [0, 0.05) is 5.69 Å².